The molecule has 2 rings (SSSR count). The summed E-state index contributed by atoms with van der Waals surface area (Å²) in [4.78, 5) is 16.3. The molecule has 0 atom stereocenters. The summed E-state index contributed by atoms with van der Waals surface area (Å²) in [5.74, 6) is -0.171. The minimum Gasteiger partial charge on any atom is -0.480 e. The van der Waals surface area contributed by atoms with Crippen molar-refractivity contribution in [1.82, 2.24) is 0 Å². The molecular formula is C16H14Cl2N2O3. The molecule has 2 aromatic carbocycles. The van der Waals surface area contributed by atoms with E-state index in [4.69, 9.17) is 38.5 Å². The van der Waals surface area contributed by atoms with E-state index in [-0.39, 0.29) is 12.4 Å². The molecule has 0 spiro atoms. The zero-order valence-electron chi connectivity index (χ0n) is 12.0. The lowest BCUT2D eigenvalue weighted by Gasteiger charge is -2.06. The second-order valence-corrected chi connectivity index (χ2v) is 5.42. The summed E-state index contributed by atoms with van der Waals surface area (Å²) < 4.78 is 5.23. The van der Waals surface area contributed by atoms with Gasteiger partial charge >= 0.3 is 5.97 Å². The van der Waals surface area contributed by atoms with E-state index >= 15 is 0 Å². The molecule has 0 fully saturated rings. The van der Waals surface area contributed by atoms with Crippen LogP contribution in [0.15, 0.2) is 53.7 Å². The van der Waals surface area contributed by atoms with Gasteiger partial charge in [-0.25, -0.2) is 4.79 Å². The van der Waals surface area contributed by atoms with Gasteiger partial charge in [0.25, 0.3) is 0 Å². The van der Waals surface area contributed by atoms with E-state index in [1.54, 1.807) is 12.1 Å². The molecule has 7 heteroatoms. The molecular weight excluding hydrogens is 339 g/mol. The number of rotatable bonds is 6. The molecule has 120 valence electrons. The number of nitrogens with zero attached hydrogens (tertiary/aromatic N) is 1. The number of hydrogen-bond donors (Lipinski definition) is 1. The molecule has 2 aromatic rings. The molecule has 0 aromatic heterocycles. The fourth-order valence-corrected chi connectivity index (χ4v) is 2.17. The van der Waals surface area contributed by atoms with E-state index in [2.05, 4.69) is 5.16 Å². The Balaban J connectivity index is 1.81. The van der Waals surface area contributed by atoms with Crippen LogP contribution in [0.1, 0.15) is 5.56 Å². The Kier molecular flexibility index (Phi) is 6.26. The van der Waals surface area contributed by atoms with Crippen molar-refractivity contribution in [2.75, 3.05) is 6.61 Å². The zero-order chi connectivity index (χ0) is 16.7. The Morgan fingerprint density at radius 1 is 1.13 bits per heavy atom. The summed E-state index contributed by atoms with van der Waals surface area (Å²) in [6, 6.07) is 14.1. The summed E-state index contributed by atoms with van der Waals surface area (Å²) in [6.07, 6.45) is 0.387. The molecule has 0 aliphatic carbocycles. The van der Waals surface area contributed by atoms with E-state index < -0.39 is 5.97 Å². The van der Waals surface area contributed by atoms with E-state index in [0.29, 0.717) is 22.2 Å². The maximum absolute atomic E-state index is 11.6. The monoisotopic (exact) mass is 352 g/mol. The fraction of sp³-hybridized carbons (Fsp3) is 0.125. The van der Waals surface area contributed by atoms with Crippen molar-refractivity contribution >= 4 is 35.0 Å². The molecule has 0 saturated heterocycles. The molecule has 0 aliphatic rings. The average Bonchev–Trinajstić information content (AvgIpc) is 2.53. The van der Waals surface area contributed by atoms with Gasteiger partial charge in [-0.1, -0.05) is 58.7 Å². The van der Waals surface area contributed by atoms with Crippen LogP contribution in [-0.2, 0) is 16.1 Å². The van der Waals surface area contributed by atoms with E-state index in [1.165, 1.54) is 6.07 Å². The zero-order valence-corrected chi connectivity index (χ0v) is 13.6. The lowest BCUT2D eigenvalue weighted by Crippen LogP contribution is -2.19. The van der Waals surface area contributed by atoms with Gasteiger partial charge < -0.3 is 15.3 Å². The van der Waals surface area contributed by atoms with Gasteiger partial charge in [-0.2, -0.15) is 0 Å². The highest BCUT2D eigenvalue weighted by Gasteiger charge is 2.08. The predicted molar refractivity (Wildman–Crippen MR) is 89.8 cm³/mol. The number of oxime groups is 1. The first-order chi connectivity index (χ1) is 11.0. The Labute approximate surface area is 143 Å². The van der Waals surface area contributed by atoms with Crippen LogP contribution < -0.4 is 10.5 Å². The van der Waals surface area contributed by atoms with Crippen molar-refractivity contribution in [3.8, 4) is 5.75 Å². The summed E-state index contributed by atoms with van der Waals surface area (Å²) in [7, 11) is 0. The Morgan fingerprint density at radius 2 is 1.87 bits per heavy atom. The third kappa shape index (κ3) is 5.81. The molecule has 0 heterocycles. The number of halogens is 2. The highest BCUT2D eigenvalue weighted by Crippen LogP contribution is 2.27. The number of hydrogen-bond acceptors (Lipinski definition) is 4. The molecule has 0 bridgehead atoms. The standard InChI is InChI=1S/C16H14Cl2N2O3/c17-12-6-7-14(13(18)9-12)22-10-16(21)23-20-15(19)8-11-4-2-1-3-5-11/h1-7,9H,8,10H2,(H2,19,20). The van der Waals surface area contributed by atoms with Crippen molar-refractivity contribution in [3.63, 3.8) is 0 Å². The summed E-state index contributed by atoms with van der Waals surface area (Å²) in [5.41, 5.74) is 6.66. The van der Waals surface area contributed by atoms with Crippen LogP contribution >= 0.6 is 23.2 Å². The Morgan fingerprint density at radius 3 is 2.57 bits per heavy atom. The minimum atomic E-state index is -0.688. The summed E-state index contributed by atoms with van der Waals surface area (Å²) in [6.45, 7) is -0.344. The number of amidine groups is 1. The van der Waals surface area contributed by atoms with Gasteiger partial charge in [0.2, 0.25) is 0 Å². The third-order valence-electron chi connectivity index (χ3n) is 2.73. The maximum atomic E-state index is 11.6. The highest BCUT2D eigenvalue weighted by atomic mass is 35.5. The normalized spacial score (nSPS) is 11.1. The molecule has 2 N–H and O–H groups in total. The number of ether oxygens (including phenoxy) is 1. The van der Waals surface area contributed by atoms with Crippen LogP contribution in [0.25, 0.3) is 0 Å². The Bertz CT molecular complexity index is 706. The van der Waals surface area contributed by atoms with Gasteiger partial charge in [-0.05, 0) is 23.8 Å². The molecule has 0 aliphatic heterocycles. The van der Waals surface area contributed by atoms with Crippen LogP contribution in [0.5, 0.6) is 5.75 Å². The average molecular weight is 353 g/mol. The van der Waals surface area contributed by atoms with Gasteiger partial charge in [-0.15, -0.1) is 0 Å². The summed E-state index contributed by atoms with van der Waals surface area (Å²) in [5, 5.41) is 4.36. The van der Waals surface area contributed by atoms with Crippen molar-refractivity contribution < 1.29 is 14.4 Å². The molecule has 0 unspecified atom stereocenters. The van der Waals surface area contributed by atoms with Gasteiger partial charge in [0.05, 0.1) is 5.02 Å². The molecule has 23 heavy (non-hydrogen) atoms. The first-order valence-corrected chi connectivity index (χ1v) is 7.44. The first-order valence-electron chi connectivity index (χ1n) is 6.68. The van der Waals surface area contributed by atoms with Gasteiger partial charge in [0.1, 0.15) is 11.6 Å². The van der Waals surface area contributed by atoms with Crippen molar-refractivity contribution in [3.05, 3.63) is 64.1 Å². The van der Waals surface area contributed by atoms with Crippen LogP contribution in [0.4, 0.5) is 0 Å². The van der Waals surface area contributed by atoms with Crippen LogP contribution in [0.2, 0.25) is 10.0 Å². The second-order valence-electron chi connectivity index (χ2n) is 4.57. The number of carbonyl (C=O) groups excluding carboxylic acids is 1. The quantitative estimate of drug-likeness (QED) is 0.374. The molecule has 0 amide bonds. The minimum absolute atomic E-state index is 0.189. The SMILES string of the molecule is N/C(Cc1ccccc1)=N\OC(=O)COc1ccc(Cl)cc1Cl. The lowest BCUT2D eigenvalue weighted by molar-refractivity contribution is -0.146. The van der Waals surface area contributed by atoms with Gasteiger partial charge in [0, 0.05) is 11.4 Å². The van der Waals surface area contributed by atoms with Crippen LogP contribution in [0.3, 0.4) is 0 Å². The second kappa shape index (κ2) is 8.41. The van der Waals surface area contributed by atoms with E-state index in [1.807, 2.05) is 30.3 Å². The van der Waals surface area contributed by atoms with E-state index in [0.717, 1.165) is 5.56 Å². The summed E-state index contributed by atoms with van der Waals surface area (Å²) >= 11 is 11.7. The lowest BCUT2D eigenvalue weighted by atomic mass is 10.1. The van der Waals surface area contributed by atoms with Crippen LogP contribution in [-0.4, -0.2) is 18.4 Å². The Hall–Kier alpha value is -2.24. The number of nitrogens with two attached hydrogens (primary N) is 1. The number of carbonyl (C=O) groups is 1. The molecule has 5 nitrogen and oxygen atoms in total. The smallest absolute Gasteiger partial charge is 0.372 e. The third-order valence-corrected chi connectivity index (χ3v) is 3.26. The molecule has 0 radical (unpaired) electrons. The molecule has 0 saturated carbocycles. The predicted octanol–water partition coefficient (Wildman–Crippen LogP) is 3.43. The van der Waals surface area contributed by atoms with Crippen molar-refractivity contribution in [1.29, 1.82) is 0 Å². The maximum Gasteiger partial charge on any atom is 0.372 e. The topological polar surface area (TPSA) is 73.9 Å². The van der Waals surface area contributed by atoms with Crippen molar-refractivity contribution in [2.24, 2.45) is 10.9 Å². The van der Waals surface area contributed by atoms with Crippen molar-refractivity contribution in [2.45, 2.75) is 6.42 Å². The van der Waals surface area contributed by atoms with Gasteiger partial charge in [0.15, 0.2) is 6.61 Å². The fourth-order valence-electron chi connectivity index (χ4n) is 1.70. The van der Waals surface area contributed by atoms with Crippen LogP contribution in [0, 0.1) is 0 Å². The van der Waals surface area contributed by atoms with Gasteiger partial charge in [-0.3, -0.25) is 0 Å². The highest BCUT2D eigenvalue weighted by molar-refractivity contribution is 6.35. The largest absolute Gasteiger partial charge is 0.480 e. The first kappa shape index (κ1) is 17.1. The number of benzene rings is 2. The van der Waals surface area contributed by atoms with E-state index in [9.17, 15) is 4.79 Å².